The van der Waals surface area contributed by atoms with Gasteiger partial charge in [0.25, 0.3) is 0 Å². The van der Waals surface area contributed by atoms with Crippen LogP contribution in [0.4, 0.5) is 0 Å². The van der Waals surface area contributed by atoms with Crippen LogP contribution in [0.1, 0.15) is 187 Å². The summed E-state index contributed by atoms with van der Waals surface area (Å²) in [4.78, 5) is 0. The second-order valence-electron chi connectivity index (χ2n) is 10.00. The second kappa shape index (κ2) is 29.0. The molecule has 0 aromatic carbocycles. The molecule has 0 spiro atoms. The van der Waals surface area contributed by atoms with Gasteiger partial charge < -0.3 is 0 Å². The highest BCUT2D eigenvalue weighted by Crippen LogP contribution is 2.16. The highest BCUT2D eigenvalue weighted by Gasteiger charge is 1.96. The summed E-state index contributed by atoms with van der Waals surface area (Å²) in [6.45, 7) is 4.58. The maximum Gasteiger partial charge on any atom is -0.0386 e. The van der Waals surface area contributed by atoms with Gasteiger partial charge in [-0.25, -0.2) is 0 Å². The molecule has 0 aliphatic carbocycles. The first kappa shape index (κ1) is 30.0. The summed E-state index contributed by atoms with van der Waals surface area (Å²) in [5.41, 5.74) is 0. The minimum absolute atomic E-state index is 1.32. The smallest absolute Gasteiger partial charge is 0.0386 e. The third-order valence-electron chi connectivity index (χ3n) is 6.75. The number of rotatable bonds is 27. The number of unbranched alkanes of at least 4 members (excludes halogenated alkanes) is 27. The first-order valence-corrected chi connectivity index (χ1v) is 14.7. The van der Waals surface area contributed by atoms with Crippen molar-refractivity contribution in [2.45, 2.75) is 187 Å². The van der Waals surface area contributed by atoms with E-state index in [4.69, 9.17) is 0 Å². The summed E-state index contributed by atoms with van der Waals surface area (Å²) in [6.07, 6.45) is 41.9. The Bertz CT molecular complexity index is 241. The number of hydrogen-bond acceptors (Lipinski definition) is 0. The molecule has 0 aliphatic heterocycles. The van der Waals surface area contributed by atoms with Crippen molar-refractivity contribution in [1.82, 2.24) is 0 Å². The van der Waals surface area contributed by atoms with Crippen LogP contribution in [0.2, 0.25) is 0 Å². The molecule has 0 nitrogen and oxygen atoms in total. The van der Waals surface area contributed by atoms with Crippen LogP contribution in [0.3, 0.4) is 0 Å². The van der Waals surface area contributed by atoms with Gasteiger partial charge in [0.15, 0.2) is 0 Å². The van der Waals surface area contributed by atoms with Crippen LogP contribution in [0.25, 0.3) is 0 Å². The van der Waals surface area contributed by atoms with Gasteiger partial charge in [-0.05, 0) is 6.42 Å². The Kier molecular flexibility index (Phi) is 29.0. The summed E-state index contributed by atoms with van der Waals surface area (Å²) in [7, 11) is 0. The molecule has 181 valence electrons. The van der Waals surface area contributed by atoms with E-state index >= 15 is 0 Å². The first-order valence-electron chi connectivity index (χ1n) is 14.7. The molecule has 0 rings (SSSR count). The largest absolute Gasteiger partial charge is 0.0654 e. The molecule has 0 bridgehead atoms. The Hall–Kier alpha value is 0. The van der Waals surface area contributed by atoms with Crippen LogP contribution >= 0.6 is 0 Å². The van der Waals surface area contributed by atoms with E-state index < -0.39 is 0 Å². The molecule has 0 atom stereocenters. The van der Waals surface area contributed by atoms with E-state index in [1.54, 1.807) is 0 Å². The quantitative estimate of drug-likeness (QED) is 0.116. The summed E-state index contributed by atoms with van der Waals surface area (Å²) in [5, 5.41) is 0. The molecule has 0 aromatic rings. The monoisotopic (exact) mass is 421 g/mol. The van der Waals surface area contributed by atoms with Crippen molar-refractivity contribution in [2.24, 2.45) is 0 Å². The van der Waals surface area contributed by atoms with E-state index in [-0.39, 0.29) is 0 Å². The maximum absolute atomic E-state index is 2.48. The fourth-order valence-corrected chi connectivity index (χ4v) is 4.60. The summed E-state index contributed by atoms with van der Waals surface area (Å²) in [6, 6.07) is 0. The highest BCUT2D eigenvalue weighted by atomic mass is 14.0. The van der Waals surface area contributed by atoms with Crippen LogP contribution in [-0.2, 0) is 0 Å². The van der Waals surface area contributed by atoms with Gasteiger partial charge in [0.2, 0.25) is 0 Å². The Morgan fingerprint density at radius 3 is 0.800 bits per heavy atom. The lowest BCUT2D eigenvalue weighted by Crippen LogP contribution is -1.85. The van der Waals surface area contributed by atoms with Crippen LogP contribution in [0.15, 0.2) is 0 Å². The average Bonchev–Trinajstić information content (AvgIpc) is 2.76. The van der Waals surface area contributed by atoms with E-state index in [1.165, 1.54) is 173 Å². The van der Waals surface area contributed by atoms with E-state index in [0.29, 0.717) is 0 Å². The van der Waals surface area contributed by atoms with Gasteiger partial charge in [0.05, 0.1) is 0 Å². The van der Waals surface area contributed by atoms with Crippen molar-refractivity contribution in [3.05, 3.63) is 6.42 Å². The Morgan fingerprint density at radius 1 is 0.267 bits per heavy atom. The minimum atomic E-state index is 1.32. The molecule has 0 heteroatoms. The zero-order valence-corrected chi connectivity index (χ0v) is 21.7. The molecule has 1 radical (unpaired) electrons. The molecule has 0 saturated carbocycles. The summed E-state index contributed by atoms with van der Waals surface area (Å²) >= 11 is 0. The van der Waals surface area contributed by atoms with Gasteiger partial charge in [-0.1, -0.05) is 187 Å². The van der Waals surface area contributed by atoms with Gasteiger partial charge >= 0.3 is 0 Å². The van der Waals surface area contributed by atoms with Crippen molar-refractivity contribution in [1.29, 1.82) is 0 Å². The third kappa shape index (κ3) is 28.0. The molecule has 0 fully saturated rings. The van der Waals surface area contributed by atoms with Crippen molar-refractivity contribution in [3.8, 4) is 0 Å². The summed E-state index contributed by atoms with van der Waals surface area (Å²) in [5.74, 6) is 0. The molecule has 0 amide bonds. The molecule has 30 heavy (non-hydrogen) atoms. The molecule has 0 saturated heterocycles. The molecular formula is C30H61. The predicted molar refractivity (Wildman–Crippen MR) is 140 cm³/mol. The van der Waals surface area contributed by atoms with Crippen molar-refractivity contribution >= 4 is 0 Å². The van der Waals surface area contributed by atoms with Crippen molar-refractivity contribution in [3.63, 3.8) is 0 Å². The SMILES string of the molecule is CCC[CH]CCCCCCCCCCCCCCCCCCCCCCCCCC. The van der Waals surface area contributed by atoms with Gasteiger partial charge in [-0.2, -0.15) is 0 Å². The molecule has 0 unspecified atom stereocenters. The fourth-order valence-electron chi connectivity index (χ4n) is 4.60. The van der Waals surface area contributed by atoms with Crippen LogP contribution in [-0.4, -0.2) is 0 Å². The number of hydrogen-bond donors (Lipinski definition) is 0. The average molecular weight is 422 g/mol. The van der Waals surface area contributed by atoms with Gasteiger partial charge in [-0.15, -0.1) is 0 Å². The van der Waals surface area contributed by atoms with E-state index in [0.717, 1.165) is 0 Å². The predicted octanol–water partition coefficient (Wildman–Crippen LogP) is 11.8. The van der Waals surface area contributed by atoms with Gasteiger partial charge in [0, 0.05) is 0 Å². The fraction of sp³-hybridized carbons (Fsp3) is 0.967. The Balaban J connectivity index is 2.97. The minimum Gasteiger partial charge on any atom is -0.0654 e. The van der Waals surface area contributed by atoms with E-state index in [1.807, 2.05) is 0 Å². The molecule has 0 aliphatic rings. The lowest BCUT2D eigenvalue weighted by molar-refractivity contribution is 0.517. The Labute approximate surface area is 193 Å². The van der Waals surface area contributed by atoms with E-state index in [2.05, 4.69) is 20.3 Å². The van der Waals surface area contributed by atoms with Gasteiger partial charge in [-0.3, -0.25) is 0 Å². The molecule has 0 N–H and O–H groups in total. The maximum atomic E-state index is 2.48. The third-order valence-corrected chi connectivity index (χ3v) is 6.75. The van der Waals surface area contributed by atoms with E-state index in [9.17, 15) is 0 Å². The normalized spacial score (nSPS) is 11.4. The van der Waals surface area contributed by atoms with Crippen molar-refractivity contribution < 1.29 is 0 Å². The van der Waals surface area contributed by atoms with Crippen LogP contribution in [0.5, 0.6) is 0 Å². The summed E-state index contributed by atoms with van der Waals surface area (Å²) < 4.78 is 0. The molecule has 0 aromatic heterocycles. The lowest BCUT2D eigenvalue weighted by Gasteiger charge is -2.04. The van der Waals surface area contributed by atoms with Crippen LogP contribution < -0.4 is 0 Å². The standard InChI is InChI=1S/C30H61/c1-3-5-7-9-11-13-15-17-19-21-23-25-27-29-30-28-26-24-22-20-18-16-14-12-10-8-6-4-2/h7H,3-6,8-30H2,1-2H3. The molecular weight excluding hydrogens is 360 g/mol. The Morgan fingerprint density at radius 2 is 0.533 bits per heavy atom. The topological polar surface area (TPSA) is 0 Å². The van der Waals surface area contributed by atoms with Crippen molar-refractivity contribution in [2.75, 3.05) is 0 Å². The lowest BCUT2D eigenvalue weighted by atomic mass is 10.0. The second-order valence-corrected chi connectivity index (χ2v) is 10.00. The first-order chi connectivity index (χ1) is 14.9. The highest BCUT2D eigenvalue weighted by molar-refractivity contribution is 4.63. The zero-order valence-electron chi connectivity index (χ0n) is 21.7. The zero-order chi connectivity index (χ0) is 21.8. The van der Waals surface area contributed by atoms with Gasteiger partial charge in [0.1, 0.15) is 0 Å². The van der Waals surface area contributed by atoms with Crippen LogP contribution in [0, 0.1) is 6.42 Å². The molecule has 0 heterocycles.